The summed E-state index contributed by atoms with van der Waals surface area (Å²) in [6.45, 7) is 3.39. The molecule has 0 bridgehead atoms. The molecule has 0 aliphatic heterocycles. The number of nitrogens with zero attached hydrogens (tertiary/aromatic N) is 3. The second kappa shape index (κ2) is 5.40. The molecular formula is C16H14N4O2. The molecule has 1 aromatic carbocycles. The molecule has 3 rings (SSSR count). The molecule has 0 saturated carbocycles. The molecule has 22 heavy (non-hydrogen) atoms. The molecule has 3 aromatic rings. The minimum atomic E-state index is -0.133. The maximum absolute atomic E-state index is 11.2. The Balaban J connectivity index is 2.09. The summed E-state index contributed by atoms with van der Waals surface area (Å²) < 4.78 is 1.68. The molecule has 1 N–H and O–H groups in total. The van der Waals surface area contributed by atoms with E-state index in [1.807, 2.05) is 25.3 Å². The fourth-order valence-electron chi connectivity index (χ4n) is 2.33. The summed E-state index contributed by atoms with van der Waals surface area (Å²) in [5, 5.41) is 5.82. The van der Waals surface area contributed by atoms with Crippen LogP contribution in [0.5, 0.6) is 0 Å². The molecule has 110 valence electrons. The number of hydrogen-bond donors (Lipinski definition) is 1. The Hall–Kier alpha value is -3.02. The Morgan fingerprint density at radius 1 is 1.18 bits per heavy atom. The highest BCUT2D eigenvalue weighted by Gasteiger charge is 2.14. The smallest absolute Gasteiger partial charge is 0.221 e. The Labute approximate surface area is 126 Å². The number of nitrogens with one attached hydrogen (secondary N) is 1. The standard InChI is InChI=1S/C16H14N4O2/c1-10-3-8-14-18-15(16(19-22)20(14)9-10)12-4-6-13(7-5-12)17-11(2)21/h3-9H,1-2H3,(H,17,21). The molecule has 0 spiro atoms. The van der Waals surface area contributed by atoms with Crippen molar-refractivity contribution in [3.63, 3.8) is 0 Å². The molecule has 0 fully saturated rings. The van der Waals surface area contributed by atoms with Gasteiger partial charge in [0.2, 0.25) is 11.7 Å². The maximum atomic E-state index is 11.2. The molecular weight excluding hydrogens is 280 g/mol. The van der Waals surface area contributed by atoms with Gasteiger partial charge in [-0.2, -0.15) is 0 Å². The van der Waals surface area contributed by atoms with Gasteiger partial charge in [-0.05, 0) is 35.9 Å². The predicted octanol–water partition coefficient (Wildman–Crippen LogP) is 3.67. The molecule has 0 atom stereocenters. The number of carbonyl (C=O) groups is 1. The molecule has 1 amide bonds. The van der Waals surface area contributed by atoms with Crippen molar-refractivity contribution >= 4 is 23.1 Å². The summed E-state index contributed by atoms with van der Waals surface area (Å²) in [7, 11) is 0. The zero-order valence-corrected chi connectivity index (χ0v) is 12.2. The predicted molar refractivity (Wildman–Crippen MR) is 85.1 cm³/mol. The van der Waals surface area contributed by atoms with Gasteiger partial charge >= 0.3 is 0 Å². The van der Waals surface area contributed by atoms with Gasteiger partial charge in [-0.1, -0.05) is 18.2 Å². The van der Waals surface area contributed by atoms with Crippen LogP contribution in [0.3, 0.4) is 0 Å². The number of anilines is 1. The van der Waals surface area contributed by atoms with Gasteiger partial charge in [0.25, 0.3) is 0 Å². The quantitative estimate of drug-likeness (QED) is 0.749. The number of nitroso groups, excluding NO2 is 1. The van der Waals surface area contributed by atoms with Gasteiger partial charge in [0.05, 0.1) is 0 Å². The van der Waals surface area contributed by atoms with E-state index in [4.69, 9.17) is 0 Å². The van der Waals surface area contributed by atoms with Gasteiger partial charge in [-0.25, -0.2) is 4.98 Å². The molecule has 0 unspecified atom stereocenters. The average Bonchev–Trinajstić information content (AvgIpc) is 2.85. The highest BCUT2D eigenvalue weighted by atomic mass is 16.3. The Morgan fingerprint density at radius 2 is 1.91 bits per heavy atom. The van der Waals surface area contributed by atoms with Crippen LogP contribution in [-0.2, 0) is 4.79 Å². The van der Waals surface area contributed by atoms with E-state index in [1.54, 1.807) is 28.7 Å². The first kappa shape index (κ1) is 13.9. The Morgan fingerprint density at radius 3 is 2.55 bits per heavy atom. The van der Waals surface area contributed by atoms with Crippen LogP contribution in [0, 0.1) is 11.8 Å². The molecule has 0 aliphatic carbocycles. The van der Waals surface area contributed by atoms with E-state index in [9.17, 15) is 9.70 Å². The first-order chi connectivity index (χ1) is 10.6. The van der Waals surface area contributed by atoms with E-state index >= 15 is 0 Å². The third-order valence-corrected chi connectivity index (χ3v) is 3.31. The van der Waals surface area contributed by atoms with Crippen LogP contribution in [0.4, 0.5) is 11.5 Å². The number of carbonyl (C=O) groups excluding carboxylic acids is 1. The van der Waals surface area contributed by atoms with Gasteiger partial charge in [-0.15, -0.1) is 4.91 Å². The van der Waals surface area contributed by atoms with E-state index in [1.165, 1.54) is 6.92 Å². The molecule has 6 nitrogen and oxygen atoms in total. The Kier molecular flexibility index (Phi) is 3.42. The van der Waals surface area contributed by atoms with E-state index in [-0.39, 0.29) is 11.7 Å². The molecule has 0 saturated heterocycles. The summed E-state index contributed by atoms with van der Waals surface area (Å²) in [5.74, 6) is 0.136. The Bertz CT molecular complexity index is 866. The van der Waals surface area contributed by atoms with E-state index in [2.05, 4.69) is 15.5 Å². The van der Waals surface area contributed by atoms with Crippen molar-refractivity contribution in [3.8, 4) is 11.3 Å². The molecule has 6 heteroatoms. The van der Waals surface area contributed by atoms with Crippen molar-refractivity contribution in [1.82, 2.24) is 9.38 Å². The highest BCUT2D eigenvalue weighted by molar-refractivity contribution is 5.89. The van der Waals surface area contributed by atoms with E-state index < -0.39 is 0 Å². The summed E-state index contributed by atoms with van der Waals surface area (Å²) >= 11 is 0. The van der Waals surface area contributed by atoms with Crippen LogP contribution < -0.4 is 5.32 Å². The summed E-state index contributed by atoms with van der Waals surface area (Å²) in [5.41, 5.74) is 3.67. The van der Waals surface area contributed by atoms with E-state index in [0.29, 0.717) is 17.0 Å². The van der Waals surface area contributed by atoms with Crippen molar-refractivity contribution in [2.75, 3.05) is 5.32 Å². The van der Waals surface area contributed by atoms with Crippen molar-refractivity contribution in [1.29, 1.82) is 0 Å². The van der Waals surface area contributed by atoms with Gasteiger partial charge in [-0.3, -0.25) is 9.20 Å². The number of fused-ring (bicyclic) bond motifs is 1. The largest absolute Gasteiger partial charge is 0.326 e. The second-order valence-electron chi connectivity index (χ2n) is 5.07. The monoisotopic (exact) mass is 294 g/mol. The maximum Gasteiger partial charge on any atom is 0.221 e. The first-order valence-corrected chi connectivity index (χ1v) is 6.78. The van der Waals surface area contributed by atoms with Gasteiger partial charge < -0.3 is 5.32 Å². The SMILES string of the molecule is CC(=O)Nc1ccc(-c2nc3ccc(C)cn3c2N=O)cc1. The zero-order chi connectivity index (χ0) is 15.7. The molecule has 2 aromatic heterocycles. The van der Waals surface area contributed by atoms with Crippen LogP contribution in [0.15, 0.2) is 47.8 Å². The van der Waals surface area contributed by atoms with Gasteiger partial charge in [0.1, 0.15) is 11.3 Å². The molecule has 0 radical (unpaired) electrons. The number of pyridine rings is 1. The van der Waals surface area contributed by atoms with Crippen molar-refractivity contribution < 1.29 is 4.79 Å². The summed E-state index contributed by atoms with van der Waals surface area (Å²) in [6, 6.07) is 10.9. The summed E-state index contributed by atoms with van der Waals surface area (Å²) in [6.07, 6.45) is 1.83. The van der Waals surface area contributed by atoms with Crippen LogP contribution in [-0.4, -0.2) is 15.3 Å². The molecule has 2 heterocycles. The molecule has 0 aliphatic rings. The first-order valence-electron chi connectivity index (χ1n) is 6.78. The summed E-state index contributed by atoms with van der Waals surface area (Å²) in [4.78, 5) is 26.7. The van der Waals surface area contributed by atoms with Crippen LogP contribution in [0.25, 0.3) is 16.9 Å². The lowest BCUT2D eigenvalue weighted by Crippen LogP contribution is -2.05. The van der Waals surface area contributed by atoms with Crippen LogP contribution >= 0.6 is 0 Å². The number of aryl methyl sites for hydroxylation is 1. The number of amides is 1. The topological polar surface area (TPSA) is 75.8 Å². The fraction of sp³-hybridized carbons (Fsp3) is 0.125. The number of hydrogen-bond acceptors (Lipinski definition) is 4. The van der Waals surface area contributed by atoms with Crippen LogP contribution in [0.2, 0.25) is 0 Å². The lowest BCUT2D eigenvalue weighted by atomic mass is 10.1. The third-order valence-electron chi connectivity index (χ3n) is 3.31. The zero-order valence-electron chi connectivity index (χ0n) is 12.2. The normalized spacial score (nSPS) is 10.6. The van der Waals surface area contributed by atoms with E-state index in [0.717, 1.165) is 11.1 Å². The lowest BCUT2D eigenvalue weighted by Gasteiger charge is -2.03. The van der Waals surface area contributed by atoms with Crippen molar-refractivity contribution in [2.24, 2.45) is 5.18 Å². The van der Waals surface area contributed by atoms with Crippen molar-refractivity contribution in [2.45, 2.75) is 13.8 Å². The number of benzene rings is 1. The lowest BCUT2D eigenvalue weighted by molar-refractivity contribution is -0.114. The highest BCUT2D eigenvalue weighted by Crippen LogP contribution is 2.31. The number of rotatable bonds is 3. The minimum absolute atomic E-state index is 0.133. The van der Waals surface area contributed by atoms with Crippen molar-refractivity contribution in [3.05, 3.63) is 53.1 Å². The van der Waals surface area contributed by atoms with Gasteiger partial charge in [0.15, 0.2) is 0 Å². The van der Waals surface area contributed by atoms with Gasteiger partial charge in [0, 0.05) is 24.4 Å². The fourth-order valence-corrected chi connectivity index (χ4v) is 2.33. The third kappa shape index (κ3) is 2.46. The average molecular weight is 294 g/mol. The van der Waals surface area contributed by atoms with Crippen LogP contribution in [0.1, 0.15) is 12.5 Å². The number of aromatic nitrogens is 2. The minimum Gasteiger partial charge on any atom is -0.326 e. The second-order valence-corrected chi connectivity index (χ2v) is 5.07. The number of imidazole rings is 1.